The Hall–Kier alpha value is -2.23. The van der Waals surface area contributed by atoms with Crippen molar-refractivity contribution in [1.29, 1.82) is 0 Å². The first-order valence-corrected chi connectivity index (χ1v) is 11.4. The van der Waals surface area contributed by atoms with Crippen LogP contribution >= 0.6 is 34.9 Å². The van der Waals surface area contributed by atoms with Gasteiger partial charge in [-0.2, -0.15) is 0 Å². The van der Waals surface area contributed by atoms with E-state index in [0.717, 1.165) is 27.9 Å². The Morgan fingerprint density at radius 3 is 2.86 bits per heavy atom. The number of nitrogens with zero attached hydrogens (tertiary/aromatic N) is 2. The molecule has 29 heavy (non-hydrogen) atoms. The zero-order chi connectivity index (χ0) is 20.4. The van der Waals surface area contributed by atoms with Crippen molar-refractivity contribution in [2.24, 2.45) is 4.99 Å². The summed E-state index contributed by atoms with van der Waals surface area (Å²) < 4.78 is 27.4. The lowest BCUT2D eigenvalue weighted by Gasteiger charge is -2.16. The van der Waals surface area contributed by atoms with E-state index in [2.05, 4.69) is 21.4 Å². The normalized spacial score (nSPS) is 14.1. The van der Waals surface area contributed by atoms with Crippen LogP contribution < -0.4 is 5.32 Å². The van der Waals surface area contributed by atoms with E-state index in [1.54, 1.807) is 17.1 Å². The zero-order valence-electron chi connectivity index (χ0n) is 15.2. The third-order valence-electron chi connectivity index (χ3n) is 4.15. The number of amides is 1. The van der Waals surface area contributed by atoms with E-state index in [1.807, 2.05) is 25.1 Å². The van der Waals surface area contributed by atoms with E-state index in [4.69, 9.17) is 0 Å². The molecule has 1 atom stereocenters. The maximum absolute atomic E-state index is 13.4. The number of rotatable bonds is 4. The van der Waals surface area contributed by atoms with Crippen LogP contribution in [-0.2, 0) is 10.5 Å². The minimum Gasteiger partial charge on any atom is -0.301 e. The van der Waals surface area contributed by atoms with Gasteiger partial charge in [-0.25, -0.2) is 18.8 Å². The van der Waals surface area contributed by atoms with E-state index in [-0.39, 0.29) is 11.2 Å². The number of aliphatic imine (C=N–C) groups is 1. The largest absolute Gasteiger partial charge is 0.301 e. The molecule has 0 saturated heterocycles. The molecule has 0 spiro atoms. The second kappa shape index (κ2) is 8.64. The van der Waals surface area contributed by atoms with Crippen LogP contribution in [0.3, 0.4) is 0 Å². The fraction of sp³-hybridized carbons (Fsp3) is 0.150. The molecule has 3 aromatic rings. The van der Waals surface area contributed by atoms with Crippen molar-refractivity contribution in [3.63, 3.8) is 0 Å². The van der Waals surface area contributed by atoms with E-state index in [9.17, 15) is 13.6 Å². The molecule has 0 radical (unpaired) electrons. The van der Waals surface area contributed by atoms with Crippen LogP contribution in [0.2, 0.25) is 0 Å². The molecule has 0 aliphatic carbocycles. The Balaban J connectivity index is 1.40. The summed E-state index contributed by atoms with van der Waals surface area (Å²) in [5, 5.41) is 4.52. The number of carbonyl (C=O) groups excluding carboxylic acids is 1. The van der Waals surface area contributed by atoms with Gasteiger partial charge in [0.15, 0.2) is 16.8 Å². The molecule has 148 valence electrons. The standard InChI is InChI=1S/C20H15F2N3OS3/c1-11(29-20-24-16-5-3-2-4-13(16)9-28-20)18(26)25-19-23-17(10-27-19)12-6-7-14(21)15(22)8-12/h2-8,10-11H,9H2,1H3,(H,23,25,26)/t11-/m0/s1. The van der Waals surface area contributed by atoms with Crippen LogP contribution in [0.25, 0.3) is 11.3 Å². The first-order chi connectivity index (χ1) is 14.0. The van der Waals surface area contributed by atoms with Crippen LogP contribution in [-0.4, -0.2) is 20.5 Å². The van der Waals surface area contributed by atoms with Gasteiger partial charge in [-0.05, 0) is 36.8 Å². The molecule has 1 N–H and O–H groups in total. The van der Waals surface area contributed by atoms with Crippen molar-refractivity contribution in [3.8, 4) is 11.3 Å². The number of nitrogens with one attached hydrogen (secondary N) is 1. The Labute approximate surface area is 178 Å². The highest BCUT2D eigenvalue weighted by atomic mass is 32.2. The average Bonchev–Trinajstić information content (AvgIpc) is 3.18. The number of para-hydroxylation sites is 1. The second-order valence-electron chi connectivity index (χ2n) is 6.21. The van der Waals surface area contributed by atoms with Gasteiger partial charge in [0.2, 0.25) is 5.91 Å². The van der Waals surface area contributed by atoms with E-state index >= 15 is 0 Å². The molecule has 0 bridgehead atoms. The molecule has 1 aliphatic rings. The quantitative estimate of drug-likeness (QED) is 0.526. The molecule has 1 aromatic heterocycles. The highest BCUT2D eigenvalue weighted by Crippen LogP contribution is 2.36. The van der Waals surface area contributed by atoms with Crippen molar-refractivity contribution < 1.29 is 13.6 Å². The number of hydrogen-bond donors (Lipinski definition) is 1. The topological polar surface area (TPSA) is 54.4 Å². The monoisotopic (exact) mass is 447 g/mol. The van der Waals surface area contributed by atoms with Gasteiger partial charge in [0, 0.05) is 16.7 Å². The van der Waals surface area contributed by atoms with Crippen LogP contribution in [0.1, 0.15) is 12.5 Å². The van der Waals surface area contributed by atoms with Gasteiger partial charge < -0.3 is 5.32 Å². The van der Waals surface area contributed by atoms with E-state index < -0.39 is 11.6 Å². The van der Waals surface area contributed by atoms with Gasteiger partial charge in [-0.1, -0.05) is 41.7 Å². The molecule has 0 unspecified atom stereocenters. The third kappa shape index (κ3) is 4.68. The first kappa shape index (κ1) is 20.1. The number of thioether (sulfide) groups is 2. The number of anilines is 1. The van der Waals surface area contributed by atoms with Crippen molar-refractivity contribution in [1.82, 2.24) is 4.98 Å². The Morgan fingerprint density at radius 2 is 2.03 bits per heavy atom. The van der Waals surface area contributed by atoms with Gasteiger partial charge in [-0.3, -0.25) is 4.79 Å². The van der Waals surface area contributed by atoms with Gasteiger partial charge >= 0.3 is 0 Å². The minimum atomic E-state index is -0.932. The highest BCUT2D eigenvalue weighted by Gasteiger charge is 2.21. The smallest absolute Gasteiger partial charge is 0.239 e. The number of thiazole rings is 1. The van der Waals surface area contributed by atoms with E-state index in [0.29, 0.717) is 16.4 Å². The summed E-state index contributed by atoms with van der Waals surface area (Å²) in [4.78, 5) is 21.5. The molecule has 2 aromatic carbocycles. The minimum absolute atomic E-state index is 0.191. The number of aromatic nitrogens is 1. The third-order valence-corrected chi connectivity index (χ3v) is 7.21. The predicted molar refractivity (Wildman–Crippen MR) is 118 cm³/mol. The number of halogens is 2. The van der Waals surface area contributed by atoms with Crippen LogP contribution in [0, 0.1) is 11.6 Å². The van der Waals surface area contributed by atoms with Gasteiger partial charge in [0.1, 0.15) is 4.38 Å². The van der Waals surface area contributed by atoms with Gasteiger partial charge in [0.05, 0.1) is 16.6 Å². The molecule has 0 saturated carbocycles. The number of carbonyl (C=O) groups is 1. The van der Waals surface area contributed by atoms with Crippen molar-refractivity contribution >= 4 is 56.0 Å². The molecule has 2 heterocycles. The molecule has 0 fully saturated rings. The van der Waals surface area contributed by atoms with Crippen LogP contribution in [0.4, 0.5) is 19.6 Å². The van der Waals surface area contributed by atoms with Gasteiger partial charge in [-0.15, -0.1) is 11.3 Å². The molecule has 9 heteroatoms. The van der Waals surface area contributed by atoms with Crippen LogP contribution in [0.15, 0.2) is 52.8 Å². The number of hydrogen-bond acceptors (Lipinski definition) is 6. The number of fused-ring (bicyclic) bond motifs is 1. The highest BCUT2D eigenvalue weighted by molar-refractivity contribution is 8.39. The van der Waals surface area contributed by atoms with Crippen molar-refractivity contribution in [2.75, 3.05) is 5.32 Å². The summed E-state index contributed by atoms with van der Waals surface area (Å²) in [7, 11) is 0. The maximum Gasteiger partial charge on any atom is 0.239 e. The summed E-state index contributed by atoms with van der Waals surface area (Å²) in [6.45, 7) is 1.81. The fourth-order valence-electron chi connectivity index (χ4n) is 2.60. The Morgan fingerprint density at radius 1 is 1.21 bits per heavy atom. The molecule has 1 aliphatic heterocycles. The molecule has 4 rings (SSSR count). The summed E-state index contributed by atoms with van der Waals surface area (Å²) in [5.74, 6) is -1.20. The molecule has 1 amide bonds. The lowest BCUT2D eigenvalue weighted by atomic mass is 10.2. The SMILES string of the molecule is C[C@H](SC1=Nc2ccccc2CS1)C(=O)Nc1nc(-c2ccc(F)c(F)c2)cs1. The molecular formula is C20H15F2N3OS3. The Kier molecular flexibility index (Phi) is 5.98. The maximum atomic E-state index is 13.4. The molecule has 4 nitrogen and oxygen atoms in total. The average molecular weight is 448 g/mol. The lowest BCUT2D eigenvalue weighted by Crippen LogP contribution is -2.23. The molecular weight excluding hydrogens is 432 g/mol. The first-order valence-electron chi connectivity index (χ1n) is 8.67. The van der Waals surface area contributed by atoms with Gasteiger partial charge in [0.25, 0.3) is 0 Å². The lowest BCUT2D eigenvalue weighted by molar-refractivity contribution is -0.115. The van der Waals surface area contributed by atoms with Crippen LogP contribution in [0.5, 0.6) is 0 Å². The van der Waals surface area contributed by atoms with Crippen molar-refractivity contribution in [2.45, 2.75) is 17.9 Å². The van der Waals surface area contributed by atoms with Crippen molar-refractivity contribution in [3.05, 3.63) is 65.0 Å². The predicted octanol–water partition coefficient (Wildman–Crippen LogP) is 6.08. The Bertz CT molecular complexity index is 1100. The summed E-state index contributed by atoms with van der Waals surface area (Å²) in [6.07, 6.45) is 0. The summed E-state index contributed by atoms with van der Waals surface area (Å²) in [5.41, 5.74) is 3.06. The fourth-order valence-corrected chi connectivity index (χ4v) is 5.51. The second-order valence-corrected chi connectivity index (χ2v) is 9.62. The van der Waals surface area contributed by atoms with E-state index in [1.165, 1.54) is 34.7 Å². The zero-order valence-corrected chi connectivity index (χ0v) is 17.6. The summed E-state index contributed by atoms with van der Waals surface area (Å²) in [6, 6.07) is 11.6. The number of benzene rings is 2. The summed E-state index contributed by atoms with van der Waals surface area (Å²) >= 11 is 4.25.